The first-order chi connectivity index (χ1) is 11.9. The average Bonchev–Trinajstić information content (AvgIpc) is 2.59. The molecule has 140 valence electrons. The van der Waals surface area contributed by atoms with Crippen LogP contribution in [0.1, 0.15) is 45.1 Å². The second kappa shape index (κ2) is 9.01. The Hall–Kier alpha value is -1.11. The van der Waals surface area contributed by atoms with Crippen molar-refractivity contribution in [1.29, 1.82) is 0 Å². The van der Waals surface area contributed by atoms with Crippen LogP contribution in [0.25, 0.3) is 0 Å². The van der Waals surface area contributed by atoms with Crippen LogP contribution in [0.3, 0.4) is 0 Å². The smallest absolute Gasteiger partial charge is 0.224 e. The number of hydrogen-bond donors (Lipinski definition) is 1. The molecule has 1 aromatic carbocycles. The van der Waals surface area contributed by atoms with E-state index in [9.17, 15) is 13.2 Å². The quantitative estimate of drug-likeness (QED) is 0.782. The number of carbonyl (C=O) groups excluding carboxylic acids is 1. The number of sulfonamides is 1. The second-order valence-electron chi connectivity index (χ2n) is 6.61. The zero-order valence-electron chi connectivity index (χ0n) is 14.9. The normalized spacial score (nSPS) is 19.1. The maximum Gasteiger partial charge on any atom is 0.224 e. The van der Waals surface area contributed by atoms with Gasteiger partial charge in [-0.25, -0.2) is 12.7 Å². The van der Waals surface area contributed by atoms with E-state index in [1.54, 1.807) is 24.3 Å². The SMILES string of the molecule is CCC(CC)NC(=O)C1CCCN(S(=O)(=O)Cc2cccc(Cl)c2)C1. The fourth-order valence-corrected chi connectivity index (χ4v) is 4.96. The van der Waals surface area contributed by atoms with Gasteiger partial charge < -0.3 is 5.32 Å². The highest BCUT2D eigenvalue weighted by Crippen LogP contribution is 2.23. The summed E-state index contributed by atoms with van der Waals surface area (Å²) in [5.41, 5.74) is 0.663. The van der Waals surface area contributed by atoms with E-state index in [0.717, 1.165) is 19.3 Å². The zero-order valence-corrected chi connectivity index (χ0v) is 16.4. The van der Waals surface area contributed by atoms with Crippen molar-refractivity contribution < 1.29 is 13.2 Å². The van der Waals surface area contributed by atoms with Gasteiger partial charge in [-0.1, -0.05) is 37.6 Å². The number of benzene rings is 1. The summed E-state index contributed by atoms with van der Waals surface area (Å²) in [7, 11) is -3.46. The van der Waals surface area contributed by atoms with Gasteiger partial charge in [0.1, 0.15) is 0 Å². The molecule has 7 heteroatoms. The van der Waals surface area contributed by atoms with Crippen molar-refractivity contribution in [2.45, 2.75) is 51.3 Å². The summed E-state index contributed by atoms with van der Waals surface area (Å²) in [5, 5.41) is 3.56. The molecule has 1 atom stereocenters. The highest BCUT2D eigenvalue weighted by molar-refractivity contribution is 7.88. The lowest BCUT2D eigenvalue weighted by molar-refractivity contribution is -0.126. The van der Waals surface area contributed by atoms with Gasteiger partial charge in [-0.2, -0.15) is 0 Å². The minimum Gasteiger partial charge on any atom is -0.353 e. The second-order valence-corrected chi connectivity index (χ2v) is 9.01. The van der Waals surface area contributed by atoms with Crippen molar-refractivity contribution >= 4 is 27.5 Å². The van der Waals surface area contributed by atoms with Gasteiger partial charge in [-0.15, -0.1) is 0 Å². The fourth-order valence-electron chi connectivity index (χ4n) is 3.15. The van der Waals surface area contributed by atoms with Gasteiger partial charge >= 0.3 is 0 Å². The minimum atomic E-state index is -3.46. The molecule has 1 amide bonds. The van der Waals surface area contributed by atoms with Crippen molar-refractivity contribution in [3.63, 3.8) is 0 Å². The summed E-state index contributed by atoms with van der Waals surface area (Å²) in [5.74, 6) is -0.395. The van der Waals surface area contributed by atoms with Crippen LogP contribution in [0, 0.1) is 5.92 Å². The highest BCUT2D eigenvalue weighted by Gasteiger charge is 2.32. The van der Waals surface area contributed by atoms with Gasteiger partial charge in [0.2, 0.25) is 15.9 Å². The number of hydrogen-bond acceptors (Lipinski definition) is 3. The first kappa shape index (κ1) is 20.2. The zero-order chi connectivity index (χ0) is 18.4. The molecule has 25 heavy (non-hydrogen) atoms. The summed E-state index contributed by atoms with van der Waals surface area (Å²) in [6.45, 7) is 4.81. The molecule has 1 saturated heterocycles. The maximum atomic E-state index is 12.7. The van der Waals surface area contributed by atoms with Gasteiger partial charge in [-0.05, 0) is 43.4 Å². The molecule has 1 unspecified atom stereocenters. The van der Waals surface area contributed by atoms with Crippen molar-refractivity contribution in [1.82, 2.24) is 9.62 Å². The number of carbonyl (C=O) groups is 1. The number of nitrogens with one attached hydrogen (secondary N) is 1. The van der Waals surface area contributed by atoms with Gasteiger partial charge in [0.15, 0.2) is 0 Å². The molecule has 0 aromatic heterocycles. The van der Waals surface area contributed by atoms with Gasteiger partial charge in [0.25, 0.3) is 0 Å². The maximum absolute atomic E-state index is 12.7. The third kappa shape index (κ3) is 5.69. The van der Waals surface area contributed by atoms with E-state index in [4.69, 9.17) is 11.6 Å². The summed E-state index contributed by atoms with van der Waals surface area (Å²) >= 11 is 5.94. The predicted molar refractivity (Wildman–Crippen MR) is 101 cm³/mol. The Labute approximate surface area is 155 Å². The molecule has 0 saturated carbocycles. The van der Waals surface area contributed by atoms with Crippen LogP contribution < -0.4 is 5.32 Å². The van der Waals surface area contributed by atoms with E-state index in [2.05, 4.69) is 5.32 Å². The van der Waals surface area contributed by atoms with Gasteiger partial charge in [-0.3, -0.25) is 4.79 Å². The number of halogens is 1. The molecule has 1 aliphatic rings. The predicted octanol–water partition coefficient (Wildman–Crippen LogP) is 3.19. The first-order valence-electron chi connectivity index (χ1n) is 8.88. The van der Waals surface area contributed by atoms with E-state index in [0.29, 0.717) is 23.6 Å². The Balaban J connectivity index is 2.02. The third-order valence-corrected chi connectivity index (χ3v) is 6.77. The molecule has 2 rings (SSSR count). The fraction of sp³-hybridized carbons (Fsp3) is 0.611. The minimum absolute atomic E-state index is 0.0312. The third-order valence-electron chi connectivity index (χ3n) is 4.72. The van der Waals surface area contributed by atoms with Crippen LogP contribution in [0.5, 0.6) is 0 Å². The molecule has 0 bridgehead atoms. The van der Waals surface area contributed by atoms with Crippen molar-refractivity contribution in [2.24, 2.45) is 5.92 Å². The molecule has 1 aromatic rings. The Morgan fingerprint density at radius 1 is 1.36 bits per heavy atom. The Morgan fingerprint density at radius 2 is 2.08 bits per heavy atom. The lowest BCUT2D eigenvalue weighted by atomic mass is 9.98. The van der Waals surface area contributed by atoms with E-state index in [1.165, 1.54) is 4.31 Å². The number of nitrogens with zero attached hydrogens (tertiary/aromatic N) is 1. The molecule has 1 fully saturated rings. The Morgan fingerprint density at radius 3 is 2.72 bits per heavy atom. The van der Waals surface area contributed by atoms with Gasteiger partial charge in [0, 0.05) is 24.2 Å². The number of rotatable bonds is 7. The van der Waals surface area contributed by atoms with Crippen LogP contribution >= 0.6 is 11.6 Å². The molecule has 1 N–H and O–H groups in total. The van der Waals surface area contributed by atoms with Crippen LogP contribution in [0.4, 0.5) is 0 Å². The van der Waals surface area contributed by atoms with Crippen LogP contribution in [0.15, 0.2) is 24.3 Å². The standard InChI is InChI=1S/C18H27ClN2O3S/c1-3-17(4-2)20-18(22)15-8-6-10-21(12-15)25(23,24)13-14-7-5-9-16(19)11-14/h5,7,9,11,15,17H,3-4,6,8,10,12-13H2,1-2H3,(H,20,22). The molecule has 1 aliphatic heterocycles. The Bertz CT molecular complexity index is 689. The highest BCUT2D eigenvalue weighted by atomic mass is 35.5. The molecule has 0 aliphatic carbocycles. The lowest BCUT2D eigenvalue weighted by Gasteiger charge is -2.32. The lowest BCUT2D eigenvalue weighted by Crippen LogP contribution is -2.47. The van der Waals surface area contributed by atoms with Gasteiger partial charge in [0.05, 0.1) is 11.7 Å². The number of piperidine rings is 1. The molecular formula is C18H27ClN2O3S. The van der Waals surface area contributed by atoms with E-state index >= 15 is 0 Å². The number of amides is 1. The van der Waals surface area contributed by atoms with Crippen LogP contribution in [0.2, 0.25) is 5.02 Å². The van der Waals surface area contributed by atoms with Crippen molar-refractivity contribution in [2.75, 3.05) is 13.1 Å². The molecular weight excluding hydrogens is 360 g/mol. The van der Waals surface area contributed by atoms with Crippen LogP contribution in [-0.4, -0.2) is 37.8 Å². The molecule has 0 radical (unpaired) electrons. The van der Waals surface area contributed by atoms with E-state index in [-0.39, 0.29) is 30.2 Å². The molecule has 0 spiro atoms. The largest absolute Gasteiger partial charge is 0.353 e. The molecule has 5 nitrogen and oxygen atoms in total. The summed E-state index contributed by atoms with van der Waals surface area (Å²) in [6.07, 6.45) is 3.20. The van der Waals surface area contributed by atoms with E-state index < -0.39 is 10.0 Å². The van der Waals surface area contributed by atoms with Crippen molar-refractivity contribution in [3.8, 4) is 0 Å². The Kier molecular flexibility index (Phi) is 7.28. The van der Waals surface area contributed by atoms with Crippen molar-refractivity contribution in [3.05, 3.63) is 34.9 Å². The average molecular weight is 387 g/mol. The monoisotopic (exact) mass is 386 g/mol. The molecule has 1 heterocycles. The van der Waals surface area contributed by atoms with Crippen LogP contribution in [-0.2, 0) is 20.6 Å². The summed E-state index contributed by atoms with van der Waals surface area (Å²) in [6, 6.07) is 7.04. The van der Waals surface area contributed by atoms with E-state index in [1.807, 2.05) is 13.8 Å². The first-order valence-corrected chi connectivity index (χ1v) is 10.9. The summed E-state index contributed by atoms with van der Waals surface area (Å²) < 4.78 is 26.9. The topological polar surface area (TPSA) is 66.5 Å². The summed E-state index contributed by atoms with van der Waals surface area (Å²) in [4.78, 5) is 12.5.